The molecule has 1 saturated heterocycles. The molecule has 1 aromatic heterocycles. The van der Waals surface area contributed by atoms with Gasteiger partial charge in [-0.3, -0.25) is 9.88 Å². The Morgan fingerprint density at radius 3 is 2.62 bits per heavy atom. The molecule has 2 aliphatic rings. The molecule has 0 spiro atoms. The zero-order valence-electron chi connectivity index (χ0n) is 18.7. The Morgan fingerprint density at radius 2 is 1.94 bits per heavy atom. The van der Waals surface area contributed by atoms with Crippen molar-refractivity contribution >= 4 is 15.6 Å². The summed E-state index contributed by atoms with van der Waals surface area (Å²) in [5.41, 5.74) is 3.72. The number of allylic oxidation sites excluding steroid dienone is 1. The van der Waals surface area contributed by atoms with Crippen molar-refractivity contribution in [3.05, 3.63) is 72.1 Å². The first kappa shape index (κ1) is 23.1. The minimum Gasteiger partial charge on any atom is -0.377 e. The molecule has 3 atom stereocenters. The van der Waals surface area contributed by atoms with E-state index in [-0.39, 0.29) is 18.1 Å². The molecule has 172 valence electrons. The van der Waals surface area contributed by atoms with Crippen molar-refractivity contribution < 1.29 is 13.2 Å². The maximum atomic E-state index is 11.9. The Labute approximate surface area is 191 Å². The van der Waals surface area contributed by atoms with Crippen molar-refractivity contribution in [2.24, 2.45) is 5.92 Å². The second-order valence-corrected chi connectivity index (χ2v) is 10.7. The molecule has 1 aliphatic carbocycles. The highest BCUT2D eigenvalue weighted by molar-refractivity contribution is 7.88. The van der Waals surface area contributed by atoms with Crippen molar-refractivity contribution in [2.45, 2.75) is 44.4 Å². The quantitative estimate of drug-likeness (QED) is 0.660. The van der Waals surface area contributed by atoms with Crippen molar-refractivity contribution in [1.82, 2.24) is 14.6 Å². The van der Waals surface area contributed by atoms with Gasteiger partial charge in [0.05, 0.1) is 24.7 Å². The van der Waals surface area contributed by atoms with Crippen LogP contribution in [0.15, 0.2) is 60.8 Å². The van der Waals surface area contributed by atoms with Crippen LogP contribution in [0.1, 0.15) is 36.9 Å². The van der Waals surface area contributed by atoms with Crippen LogP contribution in [0.2, 0.25) is 0 Å². The van der Waals surface area contributed by atoms with E-state index in [0.717, 1.165) is 51.0 Å². The van der Waals surface area contributed by atoms with E-state index in [0.29, 0.717) is 6.61 Å². The van der Waals surface area contributed by atoms with Gasteiger partial charge in [0.2, 0.25) is 10.0 Å². The van der Waals surface area contributed by atoms with Crippen LogP contribution in [-0.2, 0) is 21.3 Å². The molecular formula is C25H33N3O3S. The van der Waals surface area contributed by atoms with Crippen LogP contribution < -0.4 is 4.72 Å². The van der Waals surface area contributed by atoms with Crippen LogP contribution in [0.25, 0.3) is 5.57 Å². The van der Waals surface area contributed by atoms with Gasteiger partial charge in [0.15, 0.2) is 0 Å². The van der Waals surface area contributed by atoms with E-state index < -0.39 is 10.0 Å². The highest BCUT2D eigenvalue weighted by atomic mass is 32.2. The molecule has 2 aromatic rings. The fourth-order valence-corrected chi connectivity index (χ4v) is 5.57. The van der Waals surface area contributed by atoms with Crippen LogP contribution in [-0.4, -0.2) is 56.4 Å². The SMILES string of the molecule is CS(=O)(=O)NC1CCN(Cc2ccccn2)CC1CO[C@H]1CC=C(c2ccccc2)CC1. The van der Waals surface area contributed by atoms with Gasteiger partial charge in [-0.15, -0.1) is 0 Å². The van der Waals surface area contributed by atoms with Crippen molar-refractivity contribution in [1.29, 1.82) is 0 Å². The largest absolute Gasteiger partial charge is 0.377 e. The molecule has 1 fully saturated rings. The van der Waals surface area contributed by atoms with Gasteiger partial charge >= 0.3 is 0 Å². The molecule has 0 amide bonds. The van der Waals surface area contributed by atoms with E-state index in [1.165, 1.54) is 17.4 Å². The lowest BCUT2D eigenvalue weighted by Gasteiger charge is -2.39. The number of ether oxygens (including phenoxy) is 1. The first-order chi connectivity index (χ1) is 15.5. The molecule has 2 unspecified atom stereocenters. The smallest absolute Gasteiger partial charge is 0.208 e. The topological polar surface area (TPSA) is 71.5 Å². The number of likely N-dealkylation sites (tertiary alicyclic amines) is 1. The number of rotatable bonds is 8. The monoisotopic (exact) mass is 455 g/mol. The molecule has 7 heteroatoms. The third kappa shape index (κ3) is 6.72. The van der Waals surface area contributed by atoms with Crippen LogP contribution in [0, 0.1) is 5.92 Å². The van der Waals surface area contributed by atoms with Gasteiger partial charge in [-0.2, -0.15) is 0 Å². The Bertz CT molecular complexity index is 996. The van der Waals surface area contributed by atoms with Gasteiger partial charge in [0.1, 0.15) is 0 Å². The molecular weight excluding hydrogens is 422 g/mol. The van der Waals surface area contributed by atoms with E-state index >= 15 is 0 Å². The minimum absolute atomic E-state index is 0.0935. The summed E-state index contributed by atoms with van der Waals surface area (Å²) in [6.07, 6.45) is 9.22. The number of sulfonamides is 1. The molecule has 6 nitrogen and oxygen atoms in total. The molecule has 32 heavy (non-hydrogen) atoms. The number of piperidine rings is 1. The summed E-state index contributed by atoms with van der Waals surface area (Å²) in [6, 6.07) is 16.4. The number of hydrogen-bond acceptors (Lipinski definition) is 5. The van der Waals surface area contributed by atoms with E-state index in [9.17, 15) is 8.42 Å². The number of pyridine rings is 1. The Kier molecular flexibility index (Phi) is 7.73. The number of aromatic nitrogens is 1. The zero-order valence-corrected chi connectivity index (χ0v) is 19.5. The first-order valence-corrected chi connectivity index (χ1v) is 13.3. The maximum Gasteiger partial charge on any atom is 0.208 e. The second-order valence-electron chi connectivity index (χ2n) is 8.93. The fourth-order valence-electron chi connectivity index (χ4n) is 4.71. The highest BCUT2D eigenvalue weighted by Gasteiger charge is 2.32. The van der Waals surface area contributed by atoms with Gasteiger partial charge < -0.3 is 4.74 Å². The van der Waals surface area contributed by atoms with Gasteiger partial charge in [-0.05, 0) is 49.0 Å². The van der Waals surface area contributed by atoms with Crippen LogP contribution in [0.3, 0.4) is 0 Å². The molecule has 1 N–H and O–H groups in total. The number of nitrogens with zero attached hydrogens (tertiary/aromatic N) is 2. The second kappa shape index (κ2) is 10.7. The molecule has 1 aromatic carbocycles. The molecule has 0 radical (unpaired) electrons. The molecule has 0 saturated carbocycles. The first-order valence-electron chi connectivity index (χ1n) is 11.4. The summed E-state index contributed by atoms with van der Waals surface area (Å²) in [5.74, 6) is 0.113. The lowest BCUT2D eigenvalue weighted by Crippen LogP contribution is -2.52. The summed E-state index contributed by atoms with van der Waals surface area (Å²) in [4.78, 5) is 6.79. The molecule has 2 heterocycles. The average Bonchev–Trinajstić information content (AvgIpc) is 2.80. The lowest BCUT2D eigenvalue weighted by molar-refractivity contribution is -0.00354. The van der Waals surface area contributed by atoms with Crippen LogP contribution in [0.5, 0.6) is 0 Å². The van der Waals surface area contributed by atoms with E-state index in [4.69, 9.17) is 4.74 Å². The van der Waals surface area contributed by atoms with Crippen molar-refractivity contribution in [3.8, 4) is 0 Å². The Hall–Kier alpha value is -2.06. The van der Waals surface area contributed by atoms with Gasteiger partial charge in [-0.25, -0.2) is 13.1 Å². The number of nitrogens with one attached hydrogen (secondary N) is 1. The number of hydrogen-bond donors (Lipinski definition) is 1. The Morgan fingerprint density at radius 1 is 1.12 bits per heavy atom. The minimum atomic E-state index is -3.26. The van der Waals surface area contributed by atoms with Gasteiger partial charge in [0, 0.05) is 37.8 Å². The third-order valence-electron chi connectivity index (χ3n) is 6.35. The predicted octanol–water partition coefficient (Wildman–Crippen LogP) is 3.47. The molecule has 4 rings (SSSR count). The summed E-state index contributed by atoms with van der Waals surface area (Å²) in [5, 5.41) is 0. The van der Waals surface area contributed by atoms with E-state index in [1.807, 2.05) is 30.5 Å². The van der Waals surface area contributed by atoms with E-state index in [1.54, 1.807) is 0 Å². The van der Waals surface area contributed by atoms with Gasteiger partial charge in [-0.1, -0.05) is 42.5 Å². The highest BCUT2D eigenvalue weighted by Crippen LogP contribution is 2.29. The summed E-state index contributed by atoms with van der Waals surface area (Å²) in [6.45, 7) is 2.97. The number of benzene rings is 1. The summed E-state index contributed by atoms with van der Waals surface area (Å²) in [7, 11) is -3.26. The summed E-state index contributed by atoms with van der Waals surface area (Å²) < 4.78 is 33.0. The molecule has 1 aliphatic heterocycles. The maximum absolute atomic E-state index is 11.9. The summed E-state index contributed by atoms with van der Waals surface area (Å²) >= 11 is 0. The van der Waals surface area contributed by atoms with Crippen molar-refractivity contribution in [3.63, 3.8) is 0 Å². The van der Waals surface area contributed by atoms with Crippen LogP contribution >= 0.6 is 0 Å². The Balaban J connectivity index is 1.35. The van der Waals surface area contributed by atoms with Crippen LogP contribution in [0.4, 0.5) is 0 Å². The molecule has 0 bridgehead atoms. The normalized spacial score (nSPS) is 24.8. The van der Waals surface area contributed by atoms with Crippen molar-refractivity contribution in [2.75, 3.05) is 26.0 Å². The predicted molar refractivity (Wildman–Crippen MR) is 127 cm³/mol. The fraction of sp³-hybridized carbons (Fsp3) is 0.480. The zero-order chi connectivity index (χ0) is 22.4. The average molecular weight is 456 g/mol. The van der Waals surface area contributed by atoms with E-state index in [2.05, 4.69) is 44.9 Å². The lowest BCUT2D eigenvalue weighted by atomic mass is 9.91. The van der Waals surface area contributed by atoms with Gasteiger partial charge in [0.25, 0.3) is 0 Å². The standard InChI is InChI=1S/C25H33N3O3S/c1-32(29,30)27-25-14-16-28(18-23-9-5-6-15-26-23)17-22(25)19-31-24-12-10-21(11-13-24)20-7-3-2-4-8-20/h2-10,15,22,24-25,27H,11-14,16-19H2,1H3/t22?,24-,25?/m0/s1. The third-order valence-corrected chi connectivity index (χ3v) is 7.08.